The third-order valence-corrected chi connectivity index (χ3v) is 2.74. The van der Waals surface area contributed by atoms with Gasteiger partial charge < -0.3 is 9.84 Å². The quantitative estimate of drug-likeness (QED) is 0.678. The van der Waals surface area contributed by atoms with E-state index in [1.165, 1.54) is 43.8 Å². The van der Waals surface area contributed by atoms with Crippen LogP contribution in [0.1, 0.15) is 10.4 Å². The van der Waals surface area contributed by atoms with Crippen LogP contribution in [0.25, 0.3) is 11.1 Å². The molecule has 0 spiro atoms. The molecule has 1 aromatic heterocycles. The Morgan fingerprint density at radius 1 is 1.35 bits per heavy atom. The summed E-state index contributed by atoms with van der Waals surface area (Å²) in [6.07, 6.45) is 2.61. The lowest BCUT2D eigenvalue weighted by molar-refractivity contribution is -0.384. The standard InChI is InChI=1S/C13H10N2O5/c1-20-12-3-2-8(15(18)19)6-10(12)9-4-5-14-7-11(9)13(16)17/h2-7H,1H3,(H,16,17). The van der Waals surface area contributed by atoms with E-state index in [1.807, 2.05) is 0 Å². The Labute approximate surface area is 113 Å². The Morgan fingerprint density at radius 3 is 2.70 bits per heavy atom. The van der Waals surface area contributed by atoms with Crippen molar-refractivity contribution in [3.05, 3.63) is 52.3 Å². The van der Waals surface area contributed by atoms with E-state index in [4.69, 9.17) is 9.84 Å². The van der Waals surface area contributed by atoms with E-state index in [-0.39, 0.29) is 11.3 Å². The third-order valence-electron chi connectivity index (χ3n) is 2.74. The highest BCUT2D eigenvalue weighted by Gasteiger charge is 2.18. The normalized spacial score (nSPS) is 10.1. The Hall–Kier alpha value is -2.96. The predicted molar refractivity (Wildman–Crippen MR) is 69.8 cm³/mol. The van der Waals surface area contributed by atoms with Crippen molar-refractivity contribution in [2.24, 2.45) is 0 Å². The molecule has 7 heteroatoms. The number of carboxylic acid groups (broad SMARTS) is 1. The molecule has 0 aliphatic heterocycles. The molecule has 7 nitrogen and oxygen atoms in total. The van der Waals surface area contributed by atoms with Gasteiger partial charge in [0.05, 0.1) is 17.6 Å². The maximum Gasteiger partial charge on any atom is 0.337 e. The summed E-state index contributed by atoms with van der Waals surface area (Å²) in [5.74, 6) is -0.814. The van der Waals surface area contributed by atoms with E-state index in [0.29, 0.717) is 16.9 Å². The smallest absolute Gasteiger partial charge is 0.337 e. The number of pyridine rings is 1. The summed E-state index contributed by atoms with van der Waals surface area (Å²) in [4.78, 5) is 25.2. The minimum absolute atomic E-state index is 0.0497. The van der Waals surface area contributed by atoms with Gasteiger partial charge in [0, 0.05) is 35.7 Å². The highest BCUT2D eigenvalue weighted by molar-refractivity contribution is 5.96. The van der Waals surface area contributed by atoms with E-state index >= 15 is 0 Å². The van der Waals surface area contributed by atoms with Crippen molar-refractivity contribution < 1.29 is 19.6 Å². The highest BCUT2D eigenvalue weighted by atomic mass is 16.6. The van der Waals surface area contributed by atoms with Gasteiger partial charge in [-0.2, -0.15) is 0 Å². The number of benzene rings is 1. The van der Waals surface area contributed by atoms with Gasteiger partial charge in [0.1, 0.15) is 5.75 Å². The fourth-order valence-corrected chi connectivity index (χ4v) is 1.82. The lowest BCUT2D eigenvalue weighted by Crippen LogP contribution is -2.01. The minimum Gasteiger partial charge on any atom is -0.496 e. The summed E-state index contributed by atoms with van der Waals surface area (Å²) in [7, 11) is 1.41. The Balaban J connectivity index is 2.70. The van der Waals surface area contributed by atoms with Crippen LogP contribution >= 0.6 is 0 Å². The van der Waals surface area contributed by atoms with E-state index < -0.39 is 10.9 Å². The predicted octanol–water partition coefficient (Wildman–Crippen LogP) is 2.36. The molecule has 0 amide bonds. The van der Waals surface area contributed by atoms with E-state index in [9.17, 15) is 14.9 Å². The molecule has 1 aromatic carbocycles. The number of hydrogen-bond acceptors (Lipinski definition) is 5. The molecule has 0 fully saturated rings. The number of ether oxygens (including phenoxy) is 1. The second kappa shape index (κ2) is 5.35. The topological polar surface area (TPSA) is 103 Å². The van der Waals surface area contributed by atoms with Crippen molar-refractivity contribution in [2.75, 3.05) is 7.11 Å². The Morgan fingerprint density at radius 2 is 2.10 bits per heavy atom. The molecule has 0 unspecified atom stereocenters. The van der Waals surface area contributed by atoms with Crippen molar-refractivity contribution in [1.82, 2.24) is 4.98 Å². The number of nitrogens with zero attached hydrogens (tertiary/aromatic N) is 2. The molecule has 0 aliphatic rings. The average molecular weight is 274 g/mol. The highest BCUT2D eigenvalue weighted by Crippen LogP contribution is 2.34. The number of carboxylic acids is 1. The van der Waals surface area contributed by atoms with Crippen molar-refractivity contribution >= 4 is 11.7 Å². The lowest BCUT2D eigenvalue weighted by atomic mass is 10.0. The molecule has 2 aromatic rings. The van der Waals surface area contributed by atoms with Gasteiger partial charge in [-0.05, 0) is 12.1 Å². The number of aromatic nitrogens is 1. The van der Waals surface area contributed by atoms with Gasteiger partial charge in [0.15, 0.2) is 0 Å². The molecular formula is C13H10N2O5. The summed E-state index contributed by atoms with van der Waals surface area (Å²) < 4.78 is 5.13. The van der Waals surface area contributed by atoms with Crippen molar-refractivity contribution in [3.8, 4) is 16.9 Å². The summed E-state index contributed by atoms with van der Waals surface area (Å²) >= 11 is 0. The SMILES string of the molecule is COc1ccc([N+](=O)[O-])cc1-c1ccncc1C(=O)O. The molecule has 0 bridgehead atoms. The minimum atomic E-state index is -1.17. The number of nitro benzene ring substituents is 1. The number of non-ortho nitro benzene ring substituents is 1. The molecule has 1 heterocycles. The number of nitro groups is 1. The molecule has 102 valence electrons. The second-order valence-electron chi connectivity index (χ2n) is 3.87. The van der Waals surface area contributed by atoms with Crippen molar-refractivity contribution in [1.29, 1.82) is 0 Å². The van der Waals surface area contributed by atoms with E-state index in [0.717, 1.165) is 0 Å². The first-order valence-electron chi connectivity index (χ1n) is 5.54. The lowest BCUT2D eigenvalue weighted by Gasteiger charge is -2.10. The first kappa shape index (κ1) is 13.5. The molecule has 1 N–H and O–H groups in total. The third kappa shape index (κ3) is 2.41. The zero-order chi connectivity index (χ0) is 14.7. The molecule has 20 heavy (non-hydrogen) atoms. The van der Waals surface area contributed by atoms with Crippen LogP contribution in [0.3, 0.4) is 0 Å². The molecule has 0 saturated carbocycles. The first-order chi connectivity index (χ1) is 9.54. The number of methoxy groups -OCH3 is 1. The summed E-state index contributed by atoms with van der Waals surface area (Å²) in [5.41, 5.74) is 0.454. The van der Waals surface area contributed by atoms with Gasteiger partial charge >= 0.3 is 5.97 Å². The largest absolute Gasteiger partial charge is 0.496 e. The van der Waals surface area contributed by atoms with Gasteiger partial charge in [-0.25, -0.2) is 4.79 Å². The first-order valence-corrected chi connectivity index (χ1v) is 5.54. The van der Waals surface area contributed by atoms with Crippen LogP contribution in [0.4, 0.5) is 5.69 Å². The summed E-state index contributed by atoms with van der Waals surface area (Å²) in [5, 5.41) is 20.0. The number of hydrogen-bond donors (Lipinski definition) is 1. The zero-order valence-electron chi connectivity index (χ0n) is 10.4. The molecule has 0 aliphatic carbocycles. The van der Waals surface area contributed by atoms with Crippen LogP contribution in [0.2, 0.25) is 0 Å². The van der Waals surface area contributed by atoms with Gasteiger partial charge in [-0.1, -0.05) is 0 Å². The van der Waals surface area contributed by atoms with Crippen molar-refractivity contribution in [3.63, 3.8) is 0 Å². The van der Waals surface area contributed by atoms with Crippen LogP contribution in [0.15, 0.2) is 36.7 Å². The molecule has 2 rings (SSSR count). The zero-order valence-corrected chi connectivity index (χ0v) is 10.4. The molecule has 0 radical (unpaired) electrons. The second-order valence-corrected chi connectivity index (χ2v) is 3.87. The average Bonchev–Trinajstić information content (AvgIpc) is 2.46. The number of carbonyl (C=O) groups is 1. The number of aromatic carboxylic acids is 1. The molecular weight excluding hydrogens is 264 g/mol. The van der Waals surface area contributed by atoms with Gasteiger partial charge in [-0.15, -0.1) is 0 Å². The van der Waals surface area contributed by atoms with Crippen LogP contribution in [-0.2, 0) is 0 Å². The van der Waals surface area contributed by atoms with Gasteiger partial charge in [0.25, 0.3) is 5.69 Å². The van der Waals surface area contributed by atoms with Gasteiger partial charge in [0.2, 0.25) is 0 Å². The Kier molecular flexibility index (Phi) is 3.60. The number of rotatable bonds is 4. The fraction of sp³-hybridized carbons (Fsp3) is 0.0769. The summed E-state index contributed by atoms with van der Waals surface area (Å²) in [6, 6.07) is 5.48. The summed E-state index contributed by atoms with van der Waals surface area (Å²) in [6.45, 7) is 0. The maximum absolute atomic E-state index is 11.2. The van der Waals surface area contributed by atoms with Gasteiger partial charge in [-0.3, -0.25) is 15.1 Å². The van der Waals surface area contributed by atoms with Crippen LogP contribution in [0.5, 0.6) is 5.75 Å². The Bertz CT molecular complexity index is 684. The fourth-order valence-electron chi connectivity index (χ4n) is 1.82. The van der Waals surface area contributed by atoms with Crippen LogP contribution < -0.4 is 4.74 Å². The van der Waals surface area contributed by atoms with E-state index in [2.05, 4.69) is 4.98 Å². The maximum atomic E-state index is 11.2. The van der Waals surface area contributed by atoms with Crippen LogP contribution in [-0.4, -0.2) is 28.1 Å². The molecule has 0 saturated heterocycles. The molecule has 0 atom stereocenters. The van der Waals surface area contributed by atoms with Crippen LogP contribution in [0, 0.1) is 10.1 Å². The monoisotopic (exact) mass is 274 g/mol. The van der Waals surface area contributed by atoms with E-state index in [1.54, 1.807) is 0 Å². The van der Waals surface area contributed by atoms with Crippen molar-refractivity contribution in [2.45, 2.75) is 0 Å².